The number of hydrogen-bond acceptors (Lipinski definition) is 7. The lowest BCUT2D eigenvalue weighted by Crippen LogP contribution is -2.62. The summed E-state index contributed by atoms with van der Waals surface area (Å²) in [7, 11) is 3.24. The quantitative estimate of drug-likeness (QED) is 0.282. The highest BCUT2D eigenvalue weighted by atomic mass is 35.7. The zero-order chi connectivity index (χ0) is 21.0. The van der Waals surface area contributed by atoms with Gasteiger partial charge in [-0.25, -0.2) is 8.42 Å². The maximum absolute atomic E-state index is 11.7. The van der Waals surface area contributed by atoms with E-state index in [4.69, 9.17) is 34.4 Å². The average Bonchev–Trinajstić information content (AvgIpc) is 2.63. The monoisotopic (exact) mass is 444 g/mol. The molecule has 7 nitrogen and oxygen atoms in total. The van der Waals surface area contributed by atoms with Crippen molar-refractivity contribution < 1.29 is 32.1 Å². The van der Waals surface area contributed by atoms with Gasteiger partial charge in [0.1, 0.15) is 24.4 Å². The van der Waals surface area contributed by atoms with E-state index < -0.39 is 39.8 Å². The molecule has 0 aromatic rings. The first-order valence-electron chi connectivity index (χ1n) is 10.3. The first kappa shape index (κ1) is 26.1. The molecule has 0 aliphatic carbocycles. The molecule has 0 amide bonds. The van der Waals surface area contributed by atoms with Gasteiger partial charge in [0, 0.05) is 37.6 Å². The zero-order valence-electron chi connectivity index (χ0n) is 17.6. The Kier molecular flexibility index (Phi) is 13.1. The summed E-state index contributed by atoms with van der Waals surface area (Å²) in [5.41, 5.74) is 0. The molecule has 5 atom stereocenters. The van der Waals surface area contributed by atoms with Crippen LogP contribution in [0.25, 0.3) is 0 Å². The molecule has 0 bridgehead atoms. The normalized spacial score (nSPS) is 28.5. The van der Waals surface area contributed by atoms with Crippen LogP contribution in [-0.4, -0.2) is 71.8 Å². The standard InChI is InChI=1S/C19H37ClO7S/c1-5-8-11-24-16-15(14-28(20,21)22)27-19(23-4)18(26-13-10-7-3)17(16)25-12-9-6-2/h15-19H,5-14H2,1-4H3/t15-,16+,17?,18-,19?/m0/s1. The molecule has 0 saturated carbocycles. The van der Waals surface area contributed by atoms with Gasteiger partial charge in [0.25, 0.3) is 0 Å². The third-order valence-electron chi connectivity index (χ3n) is 4.61. The molecule has 1 fully saturated rings. The topological polar surface area (TPSA) is 80.3 Å². The highest BCUT2D eigenvalue weighted by Crippen LogP contribution is 2.30. The Morgan fingerprint density at radius 2 is 1.29 bits per heavy atom. The van der Waals surface area contributed by atoms with Crippen LogP contribution in [0.3, 0.4) is 0 Å². The van der Waals surface area contributed by atoms with Crippen molar-refractivity contribution in [3.05, 3.63) is 0 Å². The van der Waals surface area contributed by atoms with Gasteiger partial charge in [-0.3, -0.25) is 0 Å². The van der Waals surface area contributed by atoms with Crippen LogP contribution >= 0.6 is 10.7 Å². The fourth-order valence-electron chi connectivity index (χ4n) is 3.06. The molecule has 0 N–H and O–H groups in total. The molecule has 1 heterocycles. The molecule has 9 heteroatoms. The summed E-state index contributed by atoms with van der Waals surface area (Å²) < 4.78 is 53.1. The number of ether oxygens (including phenoxy) is 5. The summed E-state index contributed by atoms with van der Waals surface area (Å²) in [5.74, 6) is -0.374. The Morgan fingerprint density at radius 3 is 1.71 bits per heavy atom. The molecule has 0 aromatic heterocycles. The smallest absolute Gasteiger partial charge is 0.235 e. The van der Waals surface area contributed by atoms with Crippen LogP contribution in [0.4, 0.5) is 0 Å². The van der Waals surface area contributed by atoms with Crippen LogP contribution < -0.4 is 0 Å². The highest BCUT2D eigenvalue weighted by Gasteiger charge is 2.49. The fourth-order valence-corrected chi connectivity index (χ4v) is 4.09. The number of hydrogen-bond donors (Lipinski definition) is 0. The summed E-state index contributed by atoms with van der Waals surface area (Å²) >= 11 is 0. The van der Waals surface area contributed by atoms with Crippen molar-refractivity contribution in [2.45, 2.75) is 90.0 Å². The second kappa shape index (κ2) is 14.1. The van der Waals surface area contributed by atoms with E-state index in [0.717, 1.165) is 38.5 Å². The van der Waals surface area contributed by atoms with Gasteiger partial charge in [-0.05, 0) is 19.3 Å². The van der Waals surface area contributed by atoms with Gasteiger partial charge >= 0.3 is 0 Å². The Bertz CT molecular complexity index is 503. The number of halogens is 1. The van der Waals surface area contributed by atoms with Crippen molar-refractivity contribution in [2.24, 2.45) is 0 Å². The van der Waals surface area contributed by atoms with E-state index in [1.165, 1.54) is 7.11 Å². The maximum atomic E-state index is 11.7. The molecular formula is C19H37ClO7S. The fraction of sp³-hybridized carbons (Fsp3) is 1.00. The first-order valence-corrected chi connectivity index (χ1v) is 12.8. The molecule has 0 aromatic carbocycles. The minimum Gasteiger partial charge on any atom is -0.373 e. The van der Waals surface area contributed by atoms with Crippen LogP contribution in [0.15, 0.2) is 0 Å². The SMILES string of the molecule is CCCCOC1[C@H](OCCCC)C(OC)O[C@@H](CS(=O)(=O)Cl)[C@H]1OCCCC. The molecule has 0 radical (unpaired) electrons. The summed E-state index contributed by atoms with van der Waals surface area (Å²) in [4.78, 5) is 0. The number of unbranched alkanes of at least 4 members (excludes halogenated alkanes) is 3. The van der Waals surface area contributed by atoms with E-state index in [9.17, 15) is 8.42 Å². The summed E-state index contributed by atoms with van der Waals surface area (Å²) in [5, 5.41) is 0. The van der Waals surface area contributed by atoms with Crippen molar-refractivity contribution in [3.8, 4) is 0 Å². The lowest BCUT2D eigenvalue weighted by Gasteiger charge is -2.45. The summed E-state index contributed by atoms with van der Waals surface area (Å²) in [6, 6.07) is 0. The van der Waals surface area contributed by atoms with Gasteiger partial charge in [-0.2, -0.15) is 0 Å². The Morgan fingerprint density at radius 1 is 0.821 bits per heavy atom. The van der Waals surface area contributed by atoms with E-state index in [-0.39, 0.29) is 5.75 Å². The van der Waals surface area contributed by atoms with Gasteiger partial charge in [0.15, 0.2) is 6.29 Å². The Balaban J connectivity index is 3.08. The number of methoxy groups -OCH3 is 1. The molecule has 1 aliphatic heterocycles. The first-order chi connectivity index (χ1) is 13.4. The van der Waals surface area contributed by atoms with Gasteiger partial charge in [-0.15, -0.1) is 0 Å². The molecule has 1 aliphatic rings. The zero-order valence-corrected chi connectivity index (χ0v) is 19.2. The predicted molar refractivity (Wildman–Crippen MR) is 109 cm³/mol. The number of rotatable bonds is 15. The minimum atomic E-state index is -3.79. The highest BCUT2D eigenvalue weighted by molar-refractivity contribution is 8.13. The van der Waals surface area contributed by atoms with Crippen molar-refractivity contribution >= 4 is 19.7 Å². The van der Waals surface area contributed by atoms with Crippen molar-refractivity contribution in [3.63, 3.8) is 0 Å². The Labute approximate surface area is 174 Å². The largest absolute Gasteiger partial charge is 0.373 e. The summed E-state index contributed by atoms with van der Waals surface area (Å²) in [6.07, 6.45) is 2.44. The Hall–Kier alpha value is 0.0400. The second-order valence-electron chi connectivity index (χ2n) is 7.05. The van der Waals surface area contributed by atoms with Gasteiger partial charge in [0.2, 0.25) is 9.05 Å². The molecule has 2 unspecified atom stereocenters. The van der Waals surface area contributed by atoms with Gasteiger partial charge in [-0.1, -0.05) is 40.0 Å². The lowest BCUT2D eigenvalue weighted by atomic mass is 9.98. The van der Waals surface area contributed by atoms with Gasteiger partial charge < -0.3 is 23.7 Å². The molecule has 168 valence electrons. The second-order valence-corrected chi connectivity index (χ2v) is 9.87. The van der Waals surface area contributed by atoms with Crippen LogP contribution in [0.1, 0.15) is 59.3 Å². The van der Waals surface area contributed by atoms with Crippen LogP contribution in [0.2, 0.25) is 0 Å². The van der Waals surface area contributed by atoms with Crippen molar-refractivity contribution in [2.75, 3.05) is 32.7 Å². The molecule has 1 rings (SSSR count). The third-order valence-corrected chi connectivity index (χ3v) is 5.72. The van der Waals surface area contributed by atoms with Crippen LogP contribution in [-0.2, 0) is 32.7 Å². The van der Waals surface area contributed by atoms with Crippen LogP contribution in [0, 0.1) is 0 Å². The van der Waals surface area contributed by atoms with E-state index in [1.807, 2.05) is 0 Å². The molecular weight excluding hydrogens is 408 g/mol. The van der Waals surface area contributed by atoms with E-state index in [1.54, 1.807) is 0 Å². The van der Waals surface area contributed by atoms with Crippen molar-refractivity contribution in [1.29, 1.82) is 0 Å². The molecule has 28 heavy (non-hydrogen) atoms. The molecule has 0 spiro atoms. The average molecular weight is 445 g/mol. The predicted octanol–water partition coefficient (Wildman–Crippen LogP) is 3.48. The van der Waals surface area contributed by atoms with E-state index in [0.29, 0.717) is 19.8 Å². The van der Waals surface area contributed by atoms with Gasteiger partial charge in [0.05, 0.1) is 5.75 Å². The lowest BCUT2D eigenvalue weighted by molar-refractivity contribution is -0.309. The van der Waals surface area contributed by atoms with E-state index >= 15 is 0 Å². The van der Waals surface area contributed by atoms with Crippen molar-refractivity contribution in [1.82, 2.24) is 0 Å². The maximum Gasteiger partial charge on any atom is 0.235 e. The van der Waals surface area contributed by atoms with E-state index in [2.05, 4.69) is 20.8 Å². The van der Waals surface area contributed by atoms with Crippen LogP contribution in [0.5, 0.6) is 0 Å². The third kappa shape index (κ3) is 9.24. The summed E-state index contributed by atoms with van der Waals surface area (Å²) in [6.45, 7) is 7.78. The molecule has 1 saturated heterocycles. The minimum absolute atomic E-state index is 0.374.